The number of alkyl halides is 5. The van der Waals surface area contributed by atoms with Crippen molar-refractivity contribution in [2.24, 2.45) is 0 Å². The van der Waals surface area contributed by atoms with Crippen LogP contribution in [0.2, 0.25) is 0 Å². The largest absolute Gasteiger partial charge is 0.401 e. The van der Waals surface area contributed by atoms with Gasteiger partial charge in [0.25, 0.3) is 18.2 Å². The number of dihydropyridines is 1. The van der Waals surface area contributed by atoms with Crippen LogP contribution < -0.4 is 16.0 Å². The first-order valence-electron chi connectivity index (χ1n) is 12.9. The summed E-state index contributed by atoms with van der Waals surface area (Å²) >= 11 is 0.840. The number of rotatable bonds is 9. The fourth-order valence-electron chi connectivity index (χ4n) is 5.03. The Morgan fingerprint density at radius 3 is 2.58 bits per heavy atom. The Morgan fingerprint density at radius 2 is 1.97 bits per heavy atom. The van der Waals surface area contributed by atoms with Gasteiger partial charge < -0.3 is 15.5 Å². The van der Waals surface area contributed by atoms with Crippen LogP contribution in [0, 0.1) is 0 Å². The molecule has 3 unspecified atom stereocenters. The smallest absolute Gasteiger partial charge is 0.372 e. The van der Waals surface area contributed by atoms with Crippen molar-refractivity contribution < 1.29 is 31.5 Å². The van der Waals surface area contributed by atoms with E-state index in [1.165, 1.54) is 6.20 Å². The van der Waals surface area contributed by atoms with E-state index in [1.54, 1.807) is 4.90 Å². The van der Waals surface area contributed by atoms with E-state index in [2.05, 4.69) is 20.9 Å². The number of nitrogens with one attached hydrogen (secondary N) is 3. The normalized spacial score (nSPS) is 24.1. The molecular formula is C25H32F5N5O2S. The van der Waals surface area contributed by atoms with E-state index < -0.39 is 42.7 Å². The van der Waals surface area contributed by atoms with Crippen LogP contribution in [0.25, 0.3) is 5.57 Å². The van der Waals surface area contributed by atoms with Crippen LogP contribution in [0.4, 0.5) is 22.0 Å². The van der Waals surface area contributed by atoms with Crippen LogP contribution in [-0.2, 0) is 0 Å². The summed E-state index contributed by atoms with van der Waals surface area (Å²) in [6, 6.07) is -0.0988. The summed E-state index contributed by atoms with van der Waals surface area (Å²) in [6.07, 6.45) is -0.684. The van der Waals surface area contributed by atoms with Crippen molar-refractivity contribution in [2.45, 2.75) is 95.7 Å². The Bertz CT molecular complexity index is 1100. The van der Waals surface area contributed by atoms with Crippen LogP contribution in [0.1, 0.15) is 84.0 Å². The number of hydrogen-bond acceptors (Lipinski definition) is 6. The molecule has 210 valence electrons. The SMILES string of the molecule is CCCC1CCC(C)N1C(=O)c1nc(C(=O)NC2CCC2)sc1C1=CNC(NCC(F)(F)F)C=C1C(F)F. The summed E-state index contributed by atoms with van der Waals surface area (Å²) in [5, 5.41) is 7.65. The lowest BCUT2D eigenvalue weighted by atomic mass is 9.93. The van der Waals surface area contributed by atoms with Gasteiger partial charge in [0.1, 0.15) is 5.69 Å². The fourth-order valence-corrected chi connectivity index (χ4v) is 6.02. The van der Waals surface area contributed by atoms with Crippen molar-refractivity contribution in [3.8, 4) is 0 Å². The second kappa shape index (κ2) is 11.7. The van der Waals surface area contributed by atoms with E-state index in [0.717, 1.165) is 62.4 Å². The number of aromatic nitrogens is 1. The van der Waals surface area contributed by atoms with E-state index in [0.29, 0.717) is 0 Å². The molecular weight excluding hydrogens is 529 g/mol. The highest BCUT2D eigenvalue weighted by Crippen LogP contribution is 2.38. The van der Waals surface area contributed by atoms with Crippen LogP contribution in [0.15, 0.2) is 17.8 Å². The van der Waals surface area contributed by atoms with E-state index in [9.17, 15) is 31.5 Å². The molecule has 3 heterocycles. The highest BCUT2D eigenvalue weighted by atomic mass is 32.1. The fraction of sp³-hybridized carbons (Fsp3) is 0.640. The number of carbonyl (C=O) groups is 2. The first-order chi connectivity index (χ1) is 18.0. The molecule has 1 saturated carbocycles. The molecule has 0 aromatic carbocycles. The number of nitrogens with zero attached hydrogens (tertiary/aromatic N) is 2. The van der Waals surface area contributed by atoms with Crippen molar-refractivity contribution in [1.82, 2.24) is 25.8 Å². The maximum Gasteiger partial charge on any atom is 0.401 e. The van der Waals surface area contributed by atoms with Gasteiger partial charge in [-0.15, -0.1) is 11.3 Å². The van der Waals surface area contributed by atoms with E-state index in [-0.39, 0.29) is 39.3 Å². The number of thiazole rings is 1. The molecule has 3 N–H and O–H groups in total. The highest BCUT2D eigenvalue weighted by Gasteiger charge is 2.39. The second-order valence-electron chi connectivity index (χ2n) is 10.0. The predicted molar refractivity (Wildman–Crippen MR) is 134 cm³/mol. The third kappa shape index (κ3) is 6.36. The molecule has 13 heteroatoms. The molecule has 0 radical (unpaired) electrons. The van der Waals surface area contributed by atoms with Gasteiger partial charge in [0.05, 0.1) is 17.6 Å². The quantitative estimate of drug-likeness (QED) is 0.376. The number of allylic oxidation sites excluding steroid dienone is 2. The minimum atomic E-state index is -4.52. The van der Waals surface area contributed by atoms with E-state index in [1.807, 2.05) is 13.8 Å². The third-order valence-corrected chi connectivity index (χ3v) is 8.26. The van der Waals surface area contributed by atoms with Gasteiger partial charge >= 0.3 is 6.18 Å². The Morgan fingerprint density at radius 1 is 1.24 bits per heavy atom. The molecule has 1 aliphatic carbocycles. The minimum absolute atomic E-state index is 0.00842. The molecule has 1 aromatic rings. The van der Waals surface area contributed by atoms with Gasteiger partial charge in [-0.05, 0) is 51.5 Å². The van der Waals surface area contributed by atoms with Crippen molar-refractivity contribution in [2.75, 3.05) is 6.54 Å². The van der Waals surface area contributed by atoms with E-state index in [4.69, 9.17) is 0 Å². The lowest BCUT2D eigenvalue weighted by Gasteiger charge is -2.29. The Hall–Kier alpha value is -2.54. The molecule has 38 heavy (non-hydrogen) atoms. The first-order valence-corrected chi connectivity index (χ1v) is 13.7. The molecule has 3 atom stereocenters. The average Bonchev–Trinajstić information content (AvgIpc) is 3.43. The lowest BCUT2D eigenvalue weighted by Crippen LogP contribution is -2.44. The molecule has 0 bridgehead atoms. The average molecular weight is 562 g/mol. The number of halogens is 5. The Balaban J connectivity index is 1.69. The summed E-state index contributed by atoms with van der Waals surface area (Å²) in [4.78, 5) is 32.9. The van der Waals surface area contributed by atoms with Gasteiger partial charge in [0.2, 0.25) is 0 Å². The van der Waals surface area contributed by atoms with Gasteiger partial charge in [0.15, 0.2) is 5.01 Å². The number of likely N-dealkylation sites (tertiary alicyclic amines) is 1. The van der Waals surface area contributed by atoms with Crippen molar-refractivity contribution in [3.05, 3.63) is 33.4 Å². The molecule has 1 aromatic heterocycles. The molecule has 1 saturated heterocycles. The predicted octanol–water partition coefficient (Wildman–Crippen LogP) is 4.83. The summed E-state index contributed by atoms with van der Waals surface area (Å²) in [5.74, 6) is -0.912. The standard InChI is InChI=1S/C25H32F5N5O2S/c1-3-5-15-9-8-13(2)35(15)24(37)19-20(38-23(34-19)22(36)33-14-6-4-7-14)17-11-31-18(10-16(17)21(26)27)32-12-25(28,29)30/h10-11,13-15,18,21,31-32H,3-9,12H2,1-2H3,(H,33,36). The first kappa shape index (κ1) is 28.5. The lowest BCUT2D eigenvalue weighted by molar-refractivity contribution is -0.125. The molecule has 7 nitrogen and oxygen atoms in total. The molecule has 2 amide bonds. The van der Waals surface area contributed by atoms with Gasteiger partial charge in [0, 0.05) is 35.5 Å². The van der Waals surface area contributed by atoms with Crippen molar-refractivity contribution in [3.63, 3.8) is 0 Å². The number of amides is 2. The van der Waals surface area contributed by atoms with Crippen LogP contribution in [0.5, 0.6) is 0 Å². The third-order valence-electron chi connectivity index (χ3n) is 7.17. The number of hydrogen-bond donors (Lipinski definition) is 3. The molecule has 3 aliphatic rings. The number of carbonyl (C=O) groups excluding carboxylic acids is 2. The van der Waals surface area contributed by atoms with Crippen molar-refractivity contribution >= 4 is 28.7 Å². The maximum atomic E-state index is 14.2. The topological polar surface area (TPSA) is 86.4 Å². The summed E-state index contributed by atoms with van der Waals surface area (Å²) in [6.45, 7) is 2.57. The van der Waals surface area contributed by atoms with Gasteiger partial charge in [-0.2, -0.15) is 13.2 Å². The summed E-state index contributed by atoms with van der Waals surface area (Å²) < 4.78 is 66.3. The minimum Gasteiger partial charge on any atom is -0.372 e. The maximum absolute atomic E-state index is 14.2. The monoisotopic (exact) mass is 561 g/mol. The zero-order valence-corrected chi connectivity index (χ0v) is 22.0. The molecule has 0 spiro atoms. The highest BCUT2D eigenvalue weighted by molar-refractivity contribution is 7.15. The second-order valence-corrected chi connectivity index (χ2v) is 11.0. The molecule has 2 aliphatic heterocycles. The van der Waals surface area contributed by atoms with Gasteiger partial charge in [-0.1, -0.05) is 13.3 Å². The summed E-state index contributed by atoms with van der Waals surface area (Å²) in [7, 11) is 0. The van der Waals surface area contributed by atoms with Crippen molar-refractivity contribution in [1.29, 1.82) is 0 Å². The summed E-state index contributed by atoms with van der Waals surface area (Å²) in [5.41, 5.74) is -0.691. The zero-order chi connectivity index (χ0) is 27.6. The van der Waals surface area contributed by atoms with Gasteiger partial charge in [-0.3, -0.25) is 14.9 Å². The van der Waals surface area contributed by atoms with E-state index >= 15 is 0 Å². The molecule has 4 rings (SSSR count). The molecule has 2 fully saturated rings. The van der Waals surface area contributed by atoms with Crippen LogP contribution >= 0.6 is 11.3 Å². The Kier molecular flexibility index (Phi) is 8.75. The van der Waals surface area contributed by atoms with Gasteiger partial charge in [-0.25, -0.2) is 13.8 Å². The van der Waals surface area contributed by atoms with Crippen LogP contribution in [0.3, 0.4) is 0 Å². The zero-order valence-electron chi connectivity index (χ0n) is 21.2. The Labute approximate surface area is 221 Å². The van der Waals surface area contributed by atoms with Crippen LogP contribution in [-0.4, -0.2) is 65.1 Å².